The highest BCUT2D eigenvalue weighted by molar-refractivity contribution is 9.10. The largest absolute Gasteiger partial charge is 0.369 e. The zero-order chi connectivity index (χ0) is 9.97. The molecule has 1 aliphatic rings. The third-order valence-electron chi connectivity index (χ3n) is 1.97. The monoisotopic (exact) mass is 256 g/mol. The standard InChI is InChI=1S/C9H9BrN2O2/c10-6-2-1-3-11-9(6)7-4-14-5-8(13)12-7/h1-3,7H,4-5H2,(H,12,13)/t7-/m1/s1. The lowest BCUT2D eigenvalue weighted by Gasteiger charge is -2.23. The molecular formula is C9H9BrN2O2. The first-order valence-electron chi connectivity index (χ1n) is 4.25. The van der Waals surface area contributed by atoms with Crippen molar-refractivity contribution >= 4 is 21.8 Å². The molecule has 1 amide bonds. The zero-order valence-electron chi connectivity index (χ0n) is 7.37. The van der Waals surface area contributed by atoms with E-state index in [2.05, 4.69) is 26.2 Å². The highest BCUT2D eigenvalue weighted by atomic mass is 79.9. The van der Waals surface area contributed by atoms with E-state index in [4.69, 9.17) is 4.74 Å². The van der Waals surface area contributed by atoms with Gasteiger partial charge in [-0.05, 0) is 28.1 Å². The van der Waals surface area contributed by atoms with Gasteiger partial charge in [-0.2, -0.15) is 0 Å². The lowest BCUT2D eigenvalue weighted by molar-refractivity contribution is -0.131. The van der Waals surface area contributed by atoms with Crippen molar-refractivity contribution in [2.45, 2.75) is 6.04 Å². The molecule has 1 fully saturated rings. The number of carbonyl (C=O) groups excluding carboxylic acids is 1. The number of rotatable bonds is 1. The Kier molecular flexibility index (Phi) is 2.79. The summed E-state index contributed by atoms with van der Waals surface area (Å²) in [4.78, 5) is 15.3. The molecule has 1 aromatic heterocycles. The molecule has 0 saturated carbocycles. The molecule has 1 N–H and O–H groups in total. The second-order valence-electron chi connectivity index (χ2n) is 3.01. The Hall–Kier alpha value is -0.940. The fourth-order valence-corrected chi connectivity index (χ4v) is 1.88. The summed E-state index contributed by atoms with van der Waals surface area (Å²) in [5.74, 6) is -0.0983. The van der Waals surface area contributed by atoms with E-state index in [1.807, 2.05) is 12.1 Å². The molecule has 0 unspecified atom stereocenters. The molecule has 5 heteroatoms. The van der Waals surface area contributed by atoms with Gasteiger partial charge in [0, 0.05) is 10.7 Å². The number of nitrogens with zero attached hydrogens (tertiary/aromatic N) is 1. The van der Waals surface area contributed by atoms with E-state index in [1.165, 1.54) is 0 Å². The molecule has 4 nitrogen and oxygen atoms in total. The van der Waals surface area contributed by atoms with E-state index in [1.54, 1.807) is 6.20 Å². The maximum absolute atomic E-state index is 11.1. The lowest BCUT2D eigenvalue weighted by atomic mass is 10.2. The average Bonchev–Trinajstić information content (AvgIpc) is 2.18. The summed E-state index contributed by atoms with van der Waals surface area (Å²) in [5.41, 5.74) is 0.806. The number of amides is 1. The van der Waals surface area contributed by atoms with Gasteiger partial charge in [-0.1, -0.05) is 0 Å². The van der Waals surface area contributed by atoms with Crippen LogP contribution < -0.4 is 5.32 Å². The molecule has 0 aromatic carbocycles. The van der Waals surface area contributed by atoms with Crippen LogP contribution >= 0.6 is 15.9 Å². The van der Waals surface area contributed by atoms with Gasteiger partial charge in [-0.25, -0.2) is 0 Å². The first-order chi connectivity index (χ1) is 6.77. The summed E-state index contributed by atoms with van der Waals surface area (Å²) in [6.45, 7) is 0.613. The number of aromatic nitrogens is 1. The van der Waals surface area contributed by atoms with Crippen LogP contribution in [0.5, 0.6) is 0 Å². The number of ether oxygens (including phenoxy) is 1. The molecule has 1 atom stereocenters. The highest BCUT2D eigenvalue weighted by Gasteiger charge is 2.22. The Labute approximate surface area is 89.8 Å². The van der Waals surface area contributed by atoms with Crippen molar-refractivity contribution < 1.29 is 9.53 Å². The van der Waals surface area contributed by atoms with Gasteiger partial charge in [0.25, 0.3) is 0 Å². The van der Waals surface area contributed by atoms with Crippen molar-refractivity contribution in [3.8, 4) is 0 Å². The smallest absolute Gasteiger partial charge is 0.246 e. The number of halogens is 1. The van der Waals surface area contributed by atoms with Crippen LogP contribution in [-0.4, -0.2) is 24.1 Å². The predicted molar refractivity (Wildman–Crippen MR) is 53.6 cm³/mol. The third kappa shape index (κ3) is 1.93. The minimum Gasteiger partial charge on any atom is -0.369 e. The van der Waals surface area contributed by atoms with Crippen molar-refractivity contribution in [3.63, 3.8) is 0 Å². The predicted octanol–water partition coefficient (Wildman–Crippen LogP) is 1.03. The van der Waals surface area contributed by atoms with Crippen LogP contribution in [0.1, 0.15) is 11.7 Å². The van der Waals surface area contributed by atoms with Crippen LogP contribution in [0.25, 0.3) is 0 Å². The van der Waals surface area contributed by atoms with E-state index in [9.17, 15) is 4.79 Å². The van der Waals surface area contributed by atoms with Gasteiger partial charge in [-0.3, -0.25) is 9.78 Å². The second-order valence-corrected chi connectivity index (χ2v) is 3.86. The summed E-state index contributed by atoms with van der Waals surface area (Å²) < 4.78 is 6.02. The maximum atomic E-state index is 11.1. The minimum absolute atomic E-state index is 0.0983. The third-order valence-corrected chi connectivity index (χ3v) is 2.64. The molecule has 2 heterocycles. The van der Waals surface area contributed by atoms with Crippen LogP contribution in [-0.2, 0) is 9.53 Å². The van der Waals surface area contributed by atoms with Crippen LogP contribution in [0.3, 0.4) is 0 Å². The molecular weight excluding hydrogens is 248 g/mol. The van der Waals surface area contributed by atoms with Gasteiger partial charge in [0.1, 0.15) is 6.61 Å². The van der Waals surface area contributed by atoms with E-state index < -0.39 is 0 Å². The van der Waals surface area contributed by atoms with Crippen molar-refractivity contribution in [3.05, 3.63) is 28.5 Å². The van der Waals surface area contributed by atoms with Crippen molar-refractivity contribution in [2.75, 3.05) is 13.2 Å². The normalized spacial score (nSPS) is 21.8. The number of hydrogen-bond donors (Lipinski definition) is 1. The number of nitrogens with one attached hydrogen (secondary N) is 1. The molecule has 0 radical (unpaired) electrons. The Balaban J connectivity index is 2.22. The van der Waals surface area contributed by atoms with E-state index >= 15 is 0 Å². The molecule has 0 bridgehead atoms. The van der Waals surface area contributed by atoms with Crippen LogP contribution in [0.4, 0.5) is 0 Å². The first-order valence-corrected chi connectivity index (χ1v) is 5.04. The molecule has 1 aromatic rings. The lowest BCUT2D eigenvalue weighted by Crippen LogP contribution is -2.40. The highest BCUT2D eigenvalue weighted by Crippen LogP contribution is 2.22. The number of hydrogen-bond acceptors (Lipinski definition) is 3. The number of pyridine rings is 1. The summed E-state index contributed by atoms with van der Waals surface area (Å²) in [7, 11) is 0. The van der Waals surface area contributed by atoms with Gasteiger partial charge in [0.2, 0.25) is 5.91 Å². The Morgan fingerprint density at radius 3 is 3.21 bits per heavy atom. The summed E-state index contributed by atoms with van der Waals surface area (Å²) in [5, 5.41) is 2.82. The first kappa shape index (κ1) is 9.61. The average molecular weight is 257 g/mol. The molecule has 0 aliphatic carbocycles. The van der Waals surface area contributed by atoms with E-state index in [0.29, 0.717) is 6.61 Å². The van der Waals surface area contributed by atoms with Crippen LogP contribution in [0.15, 0.2) is 22.8 Å². The molecule has 2 rings (SSSR count). The minimum atomic E-state index is -0.146. The summed E-state index contributed by atoms with van der Waals surface area (Å²) in [6, 6.07) is 3.58. The molecule has 1 aliphatic heterocycles. The van der Waals surface area contributed by atoms with Gasteiger partial charge in [-0.15, -0.1) is 0 Å². The fourth-order valence-electron chi connectivity index (χ4n) is 1.35. The molecule has 74 valence electrons. The fraction of sp³-hybridized carbons (Fsp3) is 0.333. The van der Waals surface area contributed by atoms with E-state index in [0.717, 1.165) is 10.2 Å². The summed E-state index contributed by atoms with van der Waals surface area (Å²) >= 11 is 3.38. The van der Waals surface area contributed by atoms with Gasteiger partial charge in [0.15, 0.2) is 0 Å². The molecule has 0 spiro atoms. The Morgan fingerprint density at radius 2 is 2.50 bits per heavy atom. The van der Waals surface area contributed by atoms with E-state index in [-0.39, 0.29) is 18.6 Å². The summed E-state index contributed by atoms with van der Waals surface area (Å²) in [6.07, 6.45) is 1.70. The Morgan fingerprint density at radius 1 is 1.64 bits per heavy atom. The second kappa shape index (κ2) is 4.06. The van der Waals surface area contributed by atoms with Gasteiger partial charge in [0.05, 0.1) is 18.3 Å². The number of carbonyl (C=O) groups is 1. The Bertz CT molecular complexity index is 356. The van der Waals surface area contributed by atoms with Gasteiger partial charge >= 0.3 is 0 Å². The van der Waals surface area contributed by atoms with Crippen molar-refractivity contribution in [2.24, 2.45) is 0 Å². The van der Waals surface area contributed by atoms with Crippen molar-refractivity contribution in [1.82, 2.24) is 10.3 Å². The number of morpholine rings is 1. The quantitative estimate of drug-likeness (QED) is 0.817. The van der Waals surface area contributed by atoms with Crippen LogP contribution in [0.2, 0.25) is 0 Å². The topological polar surface area (TPSA) is 51.2 Å². The maximum Gasteiger partial charge on any atom is 0.246 e. The van der Waals surface area contributed by atoms with Crippen LogP contribution in [0, 0.1) is 0 Å². The molecule has 1 saturated heterocycles. The zero-order valence-corrected chi connectivity index (χ0v) is 8.95. The molecule has 14 heavy (non-hydrogen) atoms. The van der Waals surface area contributed by atoms with Crippen molar-refractivity contribution in [1.29, 1.82) is 0 Å². The van der Waals surface area contributed by atoms with Gasteiger partial charge < -0.3 is 10.1 Å². The SMILES string of the molecule is O=C1COC[C@H](c2ncccc2Br)N1.